The van der Waals surface area contributed by atoms with Gasteiger partial charge >= 0.3 is 11.9 Å². The van der Waals surface area contributed by atoms with Crippen LogP contribution in [0.25, 0.3) is 0 Å². The van der Waals surface area contributed by atoms with E-state index in [0.717, 1.165) is 0 Å². The molecule has 18 N–H and O–H groups in total. The van der Waals surface area contributed by atoms with Crippen LogP contribution in [-0.2, 0) is 60.8 Å². The third-order valence-electron chi connectivity index (χ3n) is 12.0. The Balaban J connectivity index is 2.50. The van der Waals surface area contributed by atoms with Crippen molar-refractivity contribution < 1.29 is 63.3 Å². The molecule has 0 heterocycles. The van der Waals surface area contributed by atoms with Crippen molar-refractivity contribution >= 4 is 65.2 Å². The second-order valence-corrected chi connectivity index (χ2v) is 19.1. The summed E-state index contributed by atoms with van der Waals surface area (Å²) in [7, 11) is 0. The fourth-order valence-corrected chi connectivity index (χ4v) is 7.42. The number of phenolic OH excluding ortho intramolecular Hbond substituents is 1. The first-order chi connectivity index (χ1) is 35.2. The van der Waals surface area contributed by atoms with Crippen LogP contribution < -0.4 is 60.2 Å². The molecule has 9 atom stereocenters. The summed E-state index contributed by atoms with van der Waals surface area (Å²) in [5.41, 5.74) is 23.3. The number of hydrogen-bond donors (Lipinski definition) is 14. The van der Waals surface area contributed by atoms with Crippen molar-refractivity contribution in [1.29, 1.82) is 0 Å². The lowest BCUT2D eigenvalue weighted by molar-refractivity contribution is -0.142. The van der Waals surface area contributed by atoms with E-state index < -0.39 is 133 Å². The molecule has 2 aromatic rings. The van der Waals surface area contributed by atoms with Crippen LogP contribution in [0.1, 0.15) is 97.6 Å². The van der Waals surface area contributed by atoms with Gasteiger partial charge in [0.25, 0.3) is 0 Å². The second kappa shape index (κ2) is 31.7. The molecular weight excluding hydrogens is 977 g/mol. The second-order valence-electron chi connectivity index (χ2n) is 19.1. The zero-order chi connectivity index (χ0) is 56.5. The van der Waals surface area contributed by atoms with E-state index in [4.69, 9.17) is 22.9 Å². The highest BCUT2D eigenvalue weighted by Gasteiger charge is 2.36. The summed E-state index contributed by atoms with van der Waals surface area (Å²) in [6.07, 6.45) is -2.08. The fourth-order valence-electron chi connectivity index (χ4n) is 7.42. The summed E-state index contributed by atoms with van der Waals surface area (Å²) in [4.78, 5) is 138. The van der Waals surface area contributed by atoms with Crippen molar-refractivity contribution in [2.75, 3.05) is 6.54 Å². The Labute approximate surface area is 435 Å². The molecule has 0 aliphatic rings. The van der Waals surface area contributed by atoms with Gasteiger partial charge in [-0.1, -0.05) is 90.4 Å². The highest BCUT2D eigenvalue weighted by atomic mass is 16.4. The molecule has 0 aromatic heterocycles. The molecule has 25 heteroatoms. The number of aromatic hydroxyl groups is 1. The molecule has 75 heavy (non-hydrogen) atoms. The van der Waals surface area contributed by atoms with Crippen LogP contribution in [-0.4, -0.2) is 135 Å². The topological polar surface area (TPSA) is 432 Å². The molecule has 0 aliphatic heterocycles. The van der Waals surface area contributed by atoms with Gasteiger partial charge in [-0.2, -0.15) is 0 Å². The summed E-state index contributed by atoms with van der Waals surface area (Å²) in [5, 5.41) is 47.0. The van der Waals surface area contributed by atoms with Gasteiger partial charge in [0.05, 0.1) is 12.5 Å². The van der Waals surface area contributed by atoms with E-state index in [1.165, 1.54) is 24.3 Å². The van der Waals surface area contributed by atoms with Crippen LogP contribution in [0, 0.1) is 17.8 Å². The standard InChI is InChI=1S/C50H76N12O13/c1-7-28(6)41(62-47(72)40(52)27(4)5)48(73)61-36(23-29-12-9-8-10-13-29)45(70)58-34(22-26(2)3)43(68)56-32(19-20-39(65)66)42(67)60-37(25-38(51)64)46(71)59-35(24-30-15-17-31(63)18-16-30)44(69)57-33(49(74)75)14-11-21-55-50(53)54/h8-10,12-13,15-18,26-28,32-37,40-41,63H,7,11,14,19-25,52H2,1-6H3,(H2,51,64)(H,56,68)(H,57,69)(H,58,70)(H,59,71)(H,60,67)(H,61,73)(H,62,72)(H,65,66)(H,74,75)(H4,53,54,55)/t28?,32-,33-,34-,35-,36-,37-,40-,41-/m0/s1. The van der Waals surface area contributed by atoms with Gasteiger partial charge in [0, 0.05) is 25.8 Å². The minimum atomic E-state index is -1.86. The molecule has 0 saturated heterocycles. The summed E-state index contributed by atoms with van der Waals surface area (Å²) < 4.78 is 0. The van der Waals surface area contributed by atoms with Gasteiger partial charge in [0.1, 0.15) is 48.0 Å². The lowest BCUT2D eigenvalue weighted by Gasteiger charge is -2.29. The first-order valence-corrected chi connectivity index (χ1v) is 24.7. The maximum Gasteiger partial charge on any atom is 0.326 e. The Morgan fingerprint density at radius 1 is 0.573 bits per heavy atom. The minimum Gasteiger partial charge on any atom is -0.508 e. The number of nitrogens with one attached hydrogen (secondary N) is 7. The molecule has 0 spiro atoms. The Hall–Kier alpha value is -7.83. The third kappa shape index (κ3) is 23.3. The highest BCUT2D eigenvalue weighted by Crippen LogP contribution is 2.15. The van der Waals surface area contributed by atoms with Crippen LogP contribution in [0.15, 0.2) is 59.6 Å². The Morgan fingerprint density at radius 3 is 1.56 bits per heavy atom. The Kier molecular flexibility index (Phi) is 26.7. The number of aliphatic carboxylic acids is 2. The molecule has 0 radical (unpaired) electrons. The fraction of sp³-hybridized carbons (Fsp3) is 0.540. The van der Waals surface area contributed by atoms with Gasteiger partial charge < -0.3 is 75.5 Å². The van der Waals surface area contributed by atoms with E-state index in [9.17, 15) is 63.3 Å². The molecule has 8 amide bonds. The summed E-state index contributed by atoms with van der Waals surface area (Å²) in [6, 6.07) is 2.68. The summed E-state index contributed by atoms with van der Waals surface area (Å²) in [5.74, 6) is -11.6. The number of carboxylic acids is 2. The lowest BCUT2D eigenvalue weighted by Crippen LogP contribution is -2.61. The van der Waals surface area contributed by atoms with Crippen molar-refractivity contribution in [3.63, 3.8) is 0 Å². The number of primary amides is 1. The molecule has 0 fully saturated rings. The molecule has 414 valence electrons. The van der Waals surface area contributed by atoms with E-state index in [2.05, 4.69) is 42.2 Å². The molecule has 1 unspecified atom stereocenters. The van der Waals surface area contributed by atoms with Crippen molar-refractivity contribution in [3.05, 3.63) is 65.7 Å². The van der Waals surface area contributed by atoms with Crippen LogP contribution in [0.2, 0.25) is 0 Å². The van der Waals surface area contributed by atoms with Crippen molar-refractivity contribution in [2.24, 2.45) is 45.7 Å². The number of nitrogens with two attached hydrogens (primary N) is 4. The van der Waals surface area contributed by atoms with Crippen molar-refractivity contribution in [3.8, 4) is 5.75 Å². The number of amides is 8. The average molecular weight is 1050 g/mol. The van der Waals surface area contributed by atoms with Crippen LogP contribution in [0.3, 0.4) is 0 Å². The van der Waals surface area contributed by atoms with E-state index in [1.54, 1.807) is 65.0 Å². The molecular formula is C50H76N12O13. The van der Waals surface area contributed by atoms with Crippen LogP contribution >= 0.6 is 0 Å². The monoisotopic (exact) mass is 1050 g/mol. The highest BCUT2D eigenvalue weighted by molar-refractivity contribution is 5.99. The smallest absolute Gasteiger partial charge is 0.326 e. The number of benzene rings is 2. The number of nitrogens with zero attached hydrogens (tertiary/aromatic N) is 1. The van der Waals surface area contributed by atoms with Crippen LogP contribution in [0.4, 0.5) is 0 Å². The Bertz CT molecular complexity index is 2290. The molecule has 25 nitrogen and oxygen atoms in total. The van der Waals surface area contributed by atoms with Gasteiger partial charge in [-0.25, -0.2) is 4.79 Å². The number of rotatable bonds is 33. The number of carboxylic acid groups (broad SMARTS) is 2. The van der Waals surface area contributed by atoms with E-state index in [1.807, 2.05) is 6.92 Å². The number of aliphatic imine (C=N–C) groups is 1. The zero-order valence-corrected chi connectivity index (χ0v) is 43.3. The SMILES string of the molecule is CCC(C)[C@H](NC(=O)[C@@H](N)C(C)C)C(=O)N[C@@H](Cc1ccccc1)C(=O)N[C@@H](CC(C)C)C(=O)N[C@@H](CCC(=O)O)C(=O)N[C@@H](CC(N)=O)C(=O)N[C@@H](Cc1ccc(O)cc1)C(=O)N[C@@H](CCCN=C(N)N)C(=O)O. The summed E-state index contributed by atoms with van der Waals surface area (Å²) in [6.45, 7) is 10.6. The summed E-state index contributed by atoms with van der Waals surface area (Å²) >= 11 is 0. The van der Waals surface area contributed by atoms with Gasteiger partial charge in [0.2, 0.25) is 47.3 Å². The van der Waals surface area contributed by atoms with Gasteiger partial charge in [-0.3, -0.25) is 48.1 Å². The average Bonchev–Trinajstić information content (AvgIpc) is 3.33. The van der Waals surface area contributed by atoms with Gasteiger partial charge in [-0.05, 0) is 66.7 Å². The normalized spacial score (nSPS) is 14.7. The largest absolute Gasteiger partial charge is 0.508 e. The predicted molar refractivity (Wildman–Crippen MR) is 275 cm³/mol. The number of hydrogen-bond acceptors (Lipinski definition) is 13. The zero-order valence-electron chi connectivity index (χ0n) is 43.3. The lowest BCUT2D eigenvalue weighted by atomic mass is 9.95. The molecule has 0 aliphatic carbocycles. The Morgan fingerprint density at radius 2 is 1.05 bits per heavy atom. The van der Waals surface area contributed by atoms with Gasteiger partial charge in [-0.15, -0.1) is 0 Å². The maximum absolute atomic E-state index is 14.3. The maximum atomic E-state index is 14.3. The molecule has 0 bridgehead atoms. The number of phenols is 1. The van der Waals surface area contributed by atoms with Crippen molar-refractivity contribution in [1.82, 2.24) is 37.2 Å². The first kappa shape index (κ1) is 63.3. The van der Waals surface area contributed by atoms with E-state index in [-0.39, 0.29) is 62.2 Å². The van der Waals surface area contributed by atoms with E-state index >= 15 is 0 Å². The third-order valence-corrected chi connectivity index (χ3v) is 12.0. The number of carbonyl (C=O) groups is 10. The minimum absolute atomic E-state index is 0.0360. The van der Waals surface area contributed by atoms with E-state index in [0.29, 0.717) is 17.5 Å². The molecule has 2 aromatic carbocycles. The van der Waals surface area contributed by atoms with Gasteiger partial charge in [0.15, 0.2) is 5.96 Å². The molecule has 2 rings (SSSR count). The first-order valence-electron chi connectivity index (χ1n) is 24.7. The number of guanidine groups is 1. The number of carbonyl (C=O) groups excluding carboxylic acids is 8. The quantitative estimate of drug-likeness (QED) is 0.0220. The predicted octanol–water partition coefficient (Wildman–Crippen LogP) is -1.48. The van der Waals surface area contributed by atoms with Crippen LogP contribution in [0.5, 0.6) is 5.75 Å². The van der Waals surface area contributed by atoms with Crippen molar-refractivity contribution in [2.45, 2.75) is 148 Å². The molecule has 0 saturated carbocycles.